The lowest BCUT2D eigenvalue weighted by atomic mass is 9.88. The molecule has 2 rings (SSSR count). The first-order chi connectivity index (χ1) is 7.06. The molecule has 0 aliphatic heterocycles. The molecular formula is C12H15F2N. The van der Waals surface area contributed by atoms with Crippen molar-refractivity contribution in [3.63, 3.8) is 0 Å². The minimum absolute atomic E-state index is 0.0328. The topological polar surface area (TPSA) is 26.0 Å². The molecule has 1 fully saturated rings. The van der Waals surface area contributed by atoms with Crippen LogP contribution in [0.15, 0.2) is 24.3 Å². The lowest BCUT2D eigenvalue weighted by Gasteiger charge is -2.20. The third kappa shape index (κ3) is 1.76. The van der Waals surface area contributed by atoms with Crippen LogP contribution in [-0.2, 0) is 5.41 Å². The largest absolute Gasteiger partial charge is 0.327 e. The smallest absolute Gasteiger partial charge is 0.263 e. The van der Waals surface area contributed by atoms with E-state index in [-0.39, 0.29) is 17.0 Å². The van der Waals surface area contributed by atoms with E-state index in [9.17, 15) is 8.78 Å². The predicted molar refractivity (Wildman–Crippen MR) is 56.0 cm³/mol. The van der Waals surface area contributed by atoms with E-state index in [0.717, 1.165) is 18.4 Å². The van der Waals surface area contributed by atoms with Crippen molar-refractivity contribution >= 4 is 0 Å². The second kappa shape index (κ2) is 3.56. The van der Waals surface area contributed by atoms with Gasteiger partial charge >= 0.3 is 0 Å². The molecule has 0 radical (unpaired) electrons. The Hall–Kier alpha value is -0.960. The van der Waals surface area contributed by atoms with Crippen molar-refractivity contribution in [3.8, 4) is 0 Å². The summed E-state index contributed by atoms with van der Waals surface area (Å²) in [5.41, 5.74) is 6.93. The van der Waals surface area contributed by atoms with Gasteiger partial charge in [0.15, 0.2) is 0 Å². The first-order valence-corrected chi connectivity index (χ1v) is 5.20. The standard InChI is InChI=1S/C12H15F2N/c1-8(15)12(5-6-12)10-4-2-3-9(7-10)11(13)14/h2-4,7-8,11H,5-6,15H2,1H3. The lowest BCUT2D eigenvalue weighted by Crippen LogP contribution is -2.31. The summed E-state index contributed by atoms with van der Waals surface area (Å²) < 4.78 is 25.1. The fourth-order valence-corrected chi connectivity index (χ4v) is 2.13. The summed E-state index contributed by atoms with van der Waals surface area (Å²) in [7, 11) is 0. The average Bonchev–Trinajstić information content (AvgIpc) is 2.98. The fourth-order valence-electron chi connectivity index (χ4n) is 2.13. The second-order valence-corrected chi connectivity index (χ2v) is 4.37. The number of benzene rings is 1. The van der Waals surface area contributed by atoms with Crippen molar-refractivity contribution in [2.45, 2.75) is 37.6 Å². The Morgan fingerprint density at radius 1 is 1.33 bits per heavy atom. The Morgan fingerprint density at radius 2 is 2.00 bits per heavy atom. The molecule has 1 aromatic rings. The minimum atomic E-state index is -2.39. The molecule has 1 unspecified atom stereocenters. The van der Waals surface area contributed by atoms with E-state index >= 15 is 0 Å². The molecule has 3 heteroatoms. The molecule has 0 spiro atoms. The summed E-state index contributed by atoms with van der Waals surface area (Å²) in [6.45, 7) is 1.95. The molecule has 0 bridgehead atoms. The highest BCUT2D eigenvalue weighted by atomic mass is 19.3. The van der Waals surface area contributed by atoms with Crippen LogP contribution < -0.4 is 5.73 Å². The first-order valence-electron chi connectivity index (χ1n) is 5.20. The molecular weight excluding hydrogens is 196 g/mol. The van der Waals surface area contributed by atoms with E-state index in [0.29, 0.717) is 0 Å². The molecule has 2 N–H and O–H groups in total. The Kier molecular flexibility index (Phi) is 2.51. The quantitative estimate of drug-likeness (QED) is 0.817. The number of nitrogens with two attached hydrogens (primary N) is 1. The zero-order valence-electron chi connectivity index (χ0n) is 8.71. The Bertz CT molecular complexity index is 356. The molecule has 0 heterocycles. The molecule has 82 valence electrons. The van der Waals surface area contributed by atoms with Gasteiger partial charge in [0.1, 0.15) is 0 Å². The van der Waals surface area contributed by atoms with E-state index in [1.54, 1.807) is 12.1 Å². The van der Waals surface area contributed by atoms with Gasteiger partial charge in [0.25, 0.3) is 6.43 Å². The summed E-state index contributed by atoms with van der Waals surface area (Å²) in [4.78, 5) is 0. The number of rotatable bonds is 3. The maximum absolute atomic E-state index is 12.5. The molecule has 1 saturated carbocycles. The third-order valence-corrected chi connectivity index (χ3v) is 3.37. The van der Waals surface area contributed by atoms with Crippen molar-refractivity contribution in [2.75, 3.05) is 0 Å². The van der Waals surface area contributed by atoms with Crippen LogP contribution in [0, 0.1) is 0 Å². The summed E-state index contributed by atoms with van der Waals surface area (Å²) in [5.74, 6) is 0. The normalized spacial score (nSPS) is 20.3. The van der Waals surface area contributed by atoms with Gasteiger partial charge < -0.3 is 5.73 Å². The Labute approximate surface area is 88.3 Å². The number of alkyl halides is 2. The van der Waals surface area contributed by atoms with Crippen LogP contribution in [0.4, 0.5) is 8.78 Å². The van der Waals surface area contributed by atoms with Crippen LogP contribution in [0.2, 0.25) is 0 Å². The third-order valence-electron chi connectivity index (χ3n) is 3.37. The van der Waals surface area contributed by atoms with Crippen LogP contribution in [0.25, 0.3) is 0 Å². The van der Waals surface area contributed by atoms with Gasteiger partial charge in [0.2, 0.25) is 0 Å². The van der Waals surface area contributed by atoms with E-state index in [1.807, 2.05) is 13.0 Å². The second-order valence-electron chi connectivity index (χ2n) is 4.37. The zero-order valence-corrected chi connectivity index (χ0v) is 8.71. The first kappa shape index (κ1) is 10.6. The predicted octanol–water partition coefficient (Wildman–Crippen LogP) is 3.00. The van der Waals surface area contributed by atoms with Gasteiger partial charge in [0.05, 0.1) is 0 Å². The maximum atomic E-state index is 12.5. The maximum Gasteiger partial charge on any atom is 0.263 e. The van der Waals surface area contributed by atoms with E-state index in [4.69, 9.17) is 5.73 Å². The molecule has 1 aliphatic carbocycles. The molecule has 1 atom stereocenters. The lowest BCUT2D eigenvalue weighted by molar-refractivity contribution is 0.151. The van der Waals surface area contributed by atoms with Crippen LogP contribution in [0.1, 0.15) is 37.3 Å². The SMILES string of the molecule is CC(N)C1(c2cccc(C(F)F)c2)CC1. The summed E-state index contributed by atoms with van der Waals surface area (Å²) in [6.07, 6.45) is -0.372. The van der Waals surface area contributed by atoms with Gasteiger partial charge in [-0.1, -0.05) is 18.2 Å². The summed E-state index contributed by atoms with van der Waals surface area (Å²) >= 11 is 0. The fraction of sp³-hybridized carbons (Fsp3) is 0.500. The van der Waals surface area contributed by atoms with Gasteiger partial charge in [-0.3, -0.25) is 0 Å². The van der Waals surface area contributed by atoms with Crippen molar-refractivity contribution in [3.05, 3.63) is 35.4 Å². The van der Waals surface area contributed by atoms with Crippen LogP contribution >= 0.6 is 0 Å². The number of halogens is 2. The minimum Gasteiger partial charge on any atom is -0.327 e. The van der Waals surface area contributed by atoms with Crippen LogP contribution in [-0.4, -0.2) is 6.04 Å². The van der Waals surface area contributed by atoms with Gasteiger partial charge in [-0.25, -0.2) is 8.78 Å². The molecule has 1 aromatic carbocycles. The highest BCUT2D eigenvalue weighted by Crippen LogP contribution is 2.50. The van der Waals surface area contributed by atoms with Gasteiger partial charge in [-0.2, -0.15) is 0 Å². The highest BCUT2D eigenvalue weighted by Gasteiger charge is 2.47. The van der Waals surface area contributed by atoms with E-state index in [2.05, 4.69) is 0 Å². The number of hydrogen-bond acceptors (Lipinski definition) is 1. The van der Waals surface area contributed by atoms with E-state index in [1.165, 1.54) is 6.07 Å². The zero-order chi connectivity index (χ0) is 11.1. The number of hydrogen-bond donors (Lipinski definition) is 1. The van der Waals surface area contributed by atoms with Crippen molar-refractivity contribution in [1.82, 2.24) is 0 Å². The molecule has 1 nitrogen and oxygen atoms in total. The Morgan fingerprint density at radius 3 is 2.47 bits per heavy atom. The van der Waals surface area contributed by atoms with Crippen LogP contribution in [0.5, 0.6) is 0 Å². The average molecular weight is 211 g/mol. The van der Waals surface area contributed by atoms with Crippen molar-refractivity contribution in [2.24, 2.45) is 5.73 Å². The highest BCUT2D eigenvalue weighted by molar-refractivity contribution is 5.36. The van der Waals surface area contributed by atoms with Gasteiger partial charge in [-0.05, 0) is 31.4 Å². The van der Waals surface area contributed by atoms with Crippen LogP contribution in [0.3, 0.4) is 0 Å². The molecule has 15 heavy (non-hydrogen) atoms. The van der Waals surface area contributed by atoms with E-state index < -0.39 is 6.43 Å². The molecule has 0 aromatic heterocycles. The molecule has 1 aliphatic rings. The molecule has 0 saturated heterocycles. The summed E-state index contributed by atoms with van der Waals surface area (Å²) in [5, 5.41) is 0. The van der Waals surface area contributed by atoms with Crippen molar-refractivity contribution < 1.29 is 8.78 Å². The van der Waals surface area contributed by atoms with Gasteiger partial charge in [-0.15, -0.1) is 0 Å². The monoisotopic (exact) mass is 211 g/mol. The summed E-state index contributed by atoms with van der Waals surface area (Å²) in [6, 6.07) is 6.69. The van der Waals surface area contributed by atoms with Crippen molar-refractivity contribution in [1.29, 1.82) is 0 Å². The molecule has 0 amide bonds. The van der Waals surface area contributed by atoms with Gasteiger partial charge in [0, 0.05) is 17.0 Å². The Balaban J connectivity index is 2.33.